The molecule has 0 N–H and O–H groups in total. The molecular formula is C29H51N. The molecular weight excluding hydrogens is 362 g/mol. The summed E-state index contributed by atoms with van der Waals surface area (Å²) < 4.78 is 0. The summed E-state index contributed by atoms with van der Waals surface area (Å²) in [6.07, 6.45) is 28.3. The van der Waals surface area contributed by atoms with Crippen molar-refractivity contribution in [2.45, 2.75) is 142 Å². The van der Waals surface area contributed by atoms with Crippen LogP contribution in [0.3, 0.4) is 0 Å². The molecule has 0 radical (unpaired) electrons. The SMILES string of the molecule is CCCCCCC[C@H]1CC[C@H](C2CCC([C@H]3CC[C@@](C#N)(CCC)CC3)CC2)CC1. The first-order chi connectivity index (χ1) is 14.7. The lowest BCUT2D eigenvalue weighted by molar-refractivity contribution is 0.0902. The van der Waals surface area contributed by atoms with E-state index in [1.807, 2.05) is 0 Å². The van der Waals surface area contributed by atoms with Crippen LogP contribution in [-0.4, -0.2) is 0 Å². The van der Waals surface area contributed by atoms with Crippen molar-refractivity contribution in [1.29, 1.82) is 5.26 Å². The van der Waals surface area contributed by atoms with E-state index in [9.17, 15) is 5.26 Å². The van der Waals surface area contributed by atoms with Crippen LogP contribution in [0, 0.1) is 46.3 Å². The van der Waals surface area contributed by atoms with Gasteiger partial charge >= 0.3 is 0 Å². The summed E-state index contributed by atoms with van der Waals surface area (Å²) in [5, 5.41) is 9.70. The molecule has 3 saturated carbocycles. The van der Waals surface area contributed by atoms with E-state index in [1.54, 1.807) is 12.8 Å². The van der Waals surface area contributed by atoms with E-state index in [4.69, 9.17) is 0 Å². The maximum atomic E-state index is 9.70. The first-order valence-electron chi connectivity index (χ1n) is 14.1. The Hall–Kier alpha value is -0.510. The summed E-state index contributed by atoms with van der Waals surface area (Å²) in [5.74, 6) is 5.09. The topological polar surface area (TPSA) is 23.8 Å². The third-order valence-corrected chi connectivity index (χ3v) is 9.71. The molecule has 0 aliphatic heterocycles. The molecule has 3 aliphatic carbocycles. The second-order valence-corrected chi connectivity index (χ2v) is 11.6. The molecule has 0 aromatic heterocycles. The molecule has 3 fully saturated rings. The normalized spacial score (nSPS) is 37.6. The summed E-state index contributed by atoms with van der Waals surface area (Å²) >= 11 is 0. The van der Waals surface area contributed by atoms with Gasteiger partial charge in [-0.2, -0.15) is 5.26 Å². The van der Waals surface area contributed by atoms with Crippen LogP contribution in [0.5, 0.6) is 0 Å². The molecule has 1 heteroatoms. The summed E-state index contributed by atoms with van der Waals surface area (Å²) in [4.78, 5) is 0. The smallest absolute Gasteiger partial charge is 0.0689 e. The van der Waals surface area contributed by atoms with Crippen LogP contribution in [0.2, 0.25) is 0 Å². The fourth-order valence-corrected chi connectivity index (χ4v) is 7.63. The molecule has 3 aliphatic rings. The fourth-order valence-electron chi connectivity index (χ4n) is 7.63. The Labute approximate surface area is 188 Å². The summed E-state index contributed by atoms with van der Waals surface area (Å²) in [5.41, 5.74) is 0.0388. The van der Waals surface area contributed by atoms with Crippen molar-refractivity contribution in [1.82, 2.24) is 0 Å². The van der Waals surface area contributed by atoms with E-state index < -0.39 is 0 Å². The zero-order chi connectivity index (χ0) is 21.2. The van der Waals surface area contributed by atoms with Crippen LogP contribution in [0.15, 0.2) is 0 Å². The number of hydrogen-bond acceptors (Lipinski definition) is 1. The van der Waals surface area contributed by atoms with Crippen molar-refractivity contribution in [2.24, 2.45) is 35.0 Å². The van der Waals surface area contributed by atoms with Crippen molar-refractivity contribution in [3.8, 4) is 6.07 Å². The highest BCUT2D eigenvalue weighted by atomic mass is 14.4. The van der Waals surface area contributed by atoms with E-state index in [0.29, 0.717) is 0 Å². The number of nitrogens with zero attached hydrogens (tertiary/aromatic N) is 1. The van der Waals surface area contributed by atoms with E-state index >= 15 is 0 Å². The van der Waals surface area contributed by atoms with Crippen LogP contribution in [-0.2, 0) is 0 Å². The number of nitriles is 1. The first-order valence-corrected chi connectivity index (χ1v) is 14.1. The van der Waals surface area contributed by atoms with Crippen LogP contribution >= 0.6 is 0 Å². The Bertz CT molecular complexity index is 493. The average Bonchev–Trinajstić information content (AvgIpc) is 2.80. The van der Waals surface area contributed by atoms with Gasteiger partial charge in [-0.05, 0) is 100 Å². The highest BCUT2D eigenvalue weighted by Crippen LogP contribution is 2.49. The zero-order valence-electron chi connectivity index (χ0n) is 20.5. The van der Waals surface area contributed by atoms with E-state index in [2.05, 4.69) is 19.9 Å². The molecule has 0 heterocycles. The van der Waals surface area contributed by atoms with E-state index in [0.717, 1.165) is 36.0 Å². The lowest BCUT2D eigenvalue weighted by Gasteiger charge is -2.43. The van der Waals surface area contributed by atoms with Crippen molar-refractivity contribution >= 4 is 0 Å². The molecule has 3 rings (SSSR count). The third-order valence-electron chi connectivity index (χ3n) is 9.71. The van der Waals surface area contributed by atoms with E-state index in [1.165, 1.54) is 109 Å². The number of rotatable bonds is 10. The molecule has 0 aromatic rings. The van der Waals surface area contributed by atoms with Crippen LogP contribution < -0.4 is 0 Å². The first kappa shape index (κ1) is 24.1. The molecule has 0 saturated heterocycles. The minimum Gasteiger partial charge on any atom is -0.198 e. The van der Waals surface area contributed by atoms with Crippen molar-refractivity contribution < 1.29 is 0 Å². The van der Waals surface area contributed by atoms with Crippen LogP contribution in [0.4, 0.5) is 0 Å². The maximum absolute atomic E-state index is 9.70. The minimum atomic E-state index is 0.0388. The largest absolute Gasteiger partial charge is 0.198 e. The van der Waals surface area contributed by atoms with Crippen LogP contribution in [0.25, 0.3) is 0 Å². The molecule has 0 aromatic carbocycles. The summed E-state index contributed by atoms with van der Waals surface area (Å²) in [7, 11) is 0. The molecule has 172 valence electrons. The van der Waals surface area contributed by atoms with Gasteiger partial charge in [0.15, 0.2) is 0 Å². The van der Waals surface area contributed by atoms with Gasteiger partial charge in [0.05, 0.1) is 11.5 Å². The third kappa shape index (κ3) is 6.74. The van der Waals surface area contributed by atoms with Gasteiger partial charge in [0.2, 0.25) is 0 Å². The minimum absolute atomic E-state index is 0.0388. The second kappa shape index (κ2) is 12.5. The molecule has 0 unspecified atom stereocenters. The Morgan fingerprint density at radius 2 is 1.13 bits per heavy atom. The molecule has 0 spiro atoms. The lowest BCUT2D eigenvalue weighted by atomic mass is 9.62. The van der Waals surface area contributed by atoms with Gasteiger partial charge in [0.1, 0.15) is 0 Å². The molecule has 1 nitrogen and oxygen atoms in total. The van der Waals surface area contributed by atoms with Gasteiger partial charge in [0, 0.05) is 0 Å². The predicted molar refractivity (Wildman–Crippen MR) is 129 cm³/mol. The van der Waals surface area contributed by atoms with Crippen molar-refractivity contribution in [3.05, 3.63) is 0 Å². The highest BCUT2D eigenvalue weighted by molar-refractivity contribution is 5.02. The Kier molecular flexibility index (Phi) is 10.1. The fraction of sp³-hybridized carbons (Fsp3) is 0.966. The van der Waals surface area contributed by atoms with Gasteiger partial charge in [-0.3, -0.25) is 0 Å². The Morgan fingerprint density at radius 3 is 1.63 bits per heavy atom. The number of hydrogen-bond donors (Lipinski definition) is 0. The predicted octanol–water partition coefficient (Wildman–Crippen LogP) is 9.46. The highest BCUT2D eigenvalue weighted by Gasteiger charge is 2.39. The Balaban J connectivity index is 1.31. The monoisotopic (exact) mass is 413 g/mol. The lowest BCUT2D eigenvalue weighted by Crippen LogP contribution is -2.32. The van der Waals surface area contributed by atoms with Gasteiger partial charge in [-0.25, -0.2) is 0 Å². The average molecular weight is 414 g/mol. The van der Waals surface area contributed by atoms with Crippen molar-refractivity contribution in [3.63, 3.8) is 0 Å². The molecule has 0 bridgehead atoms. The summed E-state index contributed by atoms with van der Waals surface area (Å²) in [6, 6.07) is 2.72. The standard InChI is InChI=1S/C29H51N/c1-3-5-6-7-8-9-24-10-12-25(13-11-24)26-14-16-27(17-15-26)28-18-21-29(23-30,20-4-2)22-19-28/h24-28H,3-22H2,1-2H3/t24-,25-,26?,27?,28-,29-. The molecule has 30 heavy (non-hydrogen) atoms. The van der Waals surface area contributed by atoms with Gasteiger partial charge in [-0.15, -0.1) is 0 Å². The van der Waals surface area contributed by atoms with Gasteiger partial charge < -0.3 is 0 Å². The van der Waals surface area contributed by atoms with Gasteiger partial charge in [0.25, 0.3) is 0 Å². The molecule has 0 atom stereocenters. The zero-order valence-corrected chi connectivity index (χ0v) is 20.5. The molecule has 0 amide bonds. The second-order valence-electron chi connectivity index (χ2n) is 11.6. The van der Waals surface area contributed by atoms with Crippen molar-refractivity contribution in [2.75, 3.05) is 0 Å². The van der Waals surface area contributed by atoms with Crippen LogP contribution in [0.1, 0.15) is 142 Å². The Morgan fingerprint density at radius 1 is 0.633 bits per heavy atom. The maximum Gasteiger partial charge on any atom is 0.0689 e. The summed E-state index contributed by atoms with van der Waals surface area (Å²) in [6.45, 7) is 4.56. The van der Waals surface area contributed by atoms with Gasteiger partial charge in [-0.1, -0.05) is 71.6 Å². The number of unbranched alkanes of at least 4 members (excludes halogenated alkanes) is 4. The quantitative estimate of drug-likeness (QED) is 0.327. The van der Waals surface area contributed by atoms with E-state index in [-0.39, 0.29) is 5.41 Å².